The minimum atomic E-state index is 0.565. The van der Waals surface area contributed by atoms with Gasteiger partial charge < -0.3 is 4.42 Å². The summed E-state index contributed by atoms with van der Waals surface area (Å²) in [6, 6.07) is 58.1. The quantitative estimate of drug-likeness (QED) is 0.174. The van der Waals surface area contributed by atoms with E-state index in [1.54, 1.807) is 11.3 Å². The maximum absolute atomic E-state index is 6.42. The van der Waals surface area contributed by atoms with Gasteiger partial charge in [-0.1, -0.05) is 121 Å². The van der Waals surface area contributed by atoms with Gasteiger partial charge in [-0.3, -0.25) is 4.57 Å². The van der Waals surface area contributed by atoms with Crippen molar-refractivity contribution in [2.45, 2.75) is 0 Å². The molecule has 0 saturated carbocycles. The third kappa shape index (κ3) is 5.01. The minimum absolute atomic E-state index is 0.565. The van der Waals surface area contributed by atoms with Crippen molar-refractivity contribution in [3.63, 3.8) is 0 Å². The minimum Gasteiger partial charge on any atom is -0.452 e. The van der Waals surface area contributed by atoms with Gasteiger partial charge in [0.2, 0.25) is 5.95 Å². The summed E-state index contributed by atoms with van der Waals surface area (Å²) in [5.41, 5.74) is 8.83. The molecule has 0 radical (unpaired) electrons. The normalized spacial score (nSPS) is 11.9. The van der Waals surface area contributed by atoms with Crippen LogP contribution in [0.2, 0.25) is 0 Å². The molecule has 0 bridgehead atoms. The monoisotopic (exact) mass is 748 g/mol. The molecule has 0 amide bonds. The number of hydrogen-bond donors (Lipinski definition) is 0. The first kappa shape index (κ1) is 31.8. The summed E-state index contributed by atoms with van der Waals surface area (Å²) in [4.78, 5) is 26.0. The summed E-state index contributed by atoms with van der Waals surface area (Å²) >= 11 is 1.76. The molecule has 12 aromatic rings. The van der Waals surface area contributed by atoms with Gasteiger partial charge in [0.05, 0.1) is 11.0 Å². The first-order valence-electron chi connectivity index (χ1n) is 18.8. The number of para-hydroxylation sites is 3. The zero-order valence-electron chi connectivity index (χ0n) is 30.2. The van der Waals surface area contributed by atoms with Crippen molar-refractivity contribution in [2.75, 3.05) is 0 Å². The van der Waals surface area contributed by atoms with Crippen LogP contribution in [0, 0.1) is 0 Å². The molecule has 0 unspecified atom stereocenters. The first-order valence-corrected chi connectivity index (χ1v) is 19.6. The number of furan rings is 1. The highest BCUT2D eigenvalue weighted by atomic mass is 32.1. The van der Waals surface area contributed by atoms with E-state index in [9.17, 15) is 0 Å². The zero-order chi connectivity index (χ0) is 37.5. The van der Waals surface area contributed by atoms with E-state index in [2.05, 4.69) is 108 Å². The van der Waals surface area contributed by atoms with Crippen molar-refractivity contribution in [3.05, 3.63) is 170 Å². The molecule has 57 heavy (non-hydrogen) atoms. The summed E-state index contributed by atoms with van der Waals surface area (Å²) in [7, 11) is 0. The number of benzene rings is 7. The Balaban J connectivity index is 1.10. The van der Waals surface area contributed by atoms with Gasteiger partial charge in [-0.15, -0.1) is 11.3 Å². The molecule has 5 aromatic heterocycles. The first-order chi connectivity index (χ1) is 28.2. The lowest BCUT2D eigenvalue weighted by atomic mass is 10.0. The van der Waals surface area contributed by atoms with Crippen molar-refractivity contribution < 1.29 is 4.42 Å². The predicted molar refractivity (Wildman–Crippen MR) is 232 cm³/mol. The van der Waals surface area contributed by atoms with Gasteiger partial charge in [0.1, 0.15) is 16.8 Å². The lowest BCUT2D eigenvalue weighted by molar-refractivity contribution is 0.667. The Hall–Kier alpha value is -7.55. The molecular formula is C49H28N6OS. The maximum Gasteiger partial charge on any atom is 0.238 e. The zero-order valence-corrected chi connectivity index (χ0v) is 31.0. The summed E-state index contributed by atoms with van der Waals surface area (Å²) in [6.07, 6.45) is 0. The van der Waals surface area contributed by atoms with Crippen molar-refractivity contribution in [1.82, 2.24) is 29.5 Å². The Morgan fingerprint density at radius 3 is 1.84 bits per heavy atom. The van der Waals surface area contributed by atoms with Crippen molar-refractivity contribution >= 4 is 75.4 Å². The average molecular weight is 749 g/mol. The Morgan fingerprint density at radius 2 is 1.09 bits per heavy atom. The molecular weight excluding hydrogens is 721 g/mol. The summed E-state index contributed by atoms with van der Waals surface area (Å²) in [6.45, 7) is 0. The molecule has 8 heteroatoms. The van der Waals surface area contributed by atoms with Crippen molar-refractivity contribution in [1.29, 1.82) is 0 Å². The molecule has 0 aliphatic carbocycles. The van der Waals surface area contributed by atoms with E-state index < -0.39 is 0 Å². The molecule has 7 aromatic carbocycles. The van der Waals surface area contributed by atoms with Gasteiger partial charge >= 0.3 is 0 Å². The van der Waals surface area contributed by atoms with E-state index in [0.29, 0.717) is 29.0 Å². The highest BCUT2D eigenvalue weighted by molar-refractivity contribution is 7.26. The van der Waals surface area contributed by atoms with Crippen LogP contribution >= 0.6 is 11.3 Å². The molecule has 0 spiro atoms. The van der Waals surface area contributed by atoms with E-state index in [-0.39, 0.29) is 0 Å². The molecule has 5 heterocycles. The van der Waals surface area contributed by atoms with E-state index in [1.807, 2.05) is 66.7 Å². The van der Waals surface area contributed by atoms with Crippen molar-refractivity contribution in [2.24, 2.45) is 0 Å². The van der Waals surface area contributed by atoms with Gasteiger partial charge in [-0.05, 0) is 48.5 Å². The Kier molecular flexibility index (Phi) is 6.96. The average Bonchev–Trinajstić information content (AvgIpc) is 3.96. The number of nitrogens with zero attached hydrogens (tertiary/aromatic N) is 6. The molecule has 0 atom stereocenters. The van der Waals surface area contributed by atoms with Crippen LogP contribution < -0.4 is 0 Å². The number of hydrogen-bond acceptors (Lipinski definition) is 7. The van der Waals surface area contributed by atoms with Gasteiger partial charge in [-0.25, -0.2) is 15.0 Å². The molecule has 0 saturated heterocycles. The Bertz CT molecular complexity index is 3480. The molecule has 0 N–H and O–H groups in total. The van der Waals surface area contributed by atoms with Crippen LogP contribution in [0.1, 0.15) is 0 Å². The van der Waals surface area contributed by atoms with Gasteiger partial charge in [0.15, 0.2) is 23.1 Å². The fourth-order valence-corrected chi connectivity index (χ4v) is 9.22. The molecule has 0 aliphatic heterocycles. The van der Waals surface area contributed by atoms with Crippen LogP contribution in [0.25, 0.3) is 115 Å². The van der Waals surface area contributed by atoms with E-state index in [0.717, 1.165) is 86.4 Å². The molecule has 0 aliphatic rings. The number of thiophene rings is 1. The second-order valence-electron chi connectivity index (χ2n) is 14.0. The third-order valence-electron chi connectivity index (χ3n) is 10.7. The lowest BCUT2D eigenvalue weighted by Gasteiger charge is -2.11. The van der Waals surface area contributed by atoms with E-state index in [4.69, 9.17) is 29.3 Å². The standard InChI is InChI=1S/C49H28N6OS/c1-3-14-29(15-4-1)43-45-44(34-20-9-12-24-39(34)56-45)51-48(50-43)35-21-13-25-41-42(35)36-28-31(26-27-40(36)57-41)47-52-46(30-16-5-2-6-17-30)53-49(54-47)55-37-22-10-7-18-32(37)33-19-8-11-23-38(33)55/h1-28H. The number of aromatic nitrogens is 6. The molecule has 7 nitrogen and oxygen atoms in total. The van der Waals surface area contributed by atoms with Gasteiger partial charge in [0.25, 0.3) is 0 Å². The summed E-state index contributed by atoms with van der Waals surface area (Å²) in [5.74, 6) is 2.41. The van der Waals surface area contributed by atoms with E-state index >= 15 is 0 Å². The van der Waals surface area contributed by atoms with E-state index in [1.165, 1.54) is 0 Å². The van der Waals surface area contributed by atoms with Crippen molar-refractivity contribution in [3.8, 4) is 51.4 Å². The van der Waals surface area contributed by atoms with Crippen LogP contribution in [0.15, 0.2) is 174 Å². The second-order valence-corrected chi connectivity index (χ2v) is 15.1. The fraction of sp³-hybridized carbons (Fsp3) is 0. The highest BCUT2D eigenvalue weighted by Gasteiger charge is 2.22. The van der Waals surface area contributed by atoms with Crippen LogP contribution in [0.3, 0.4) is 0 Å². The maximum atomic E-state index is 6.42. The molecule has 12 rings (SSSR count). The predicted octanol–water partition coefficient (Wildman–Crippen LogP) is 12.7. The van der Waals surface area contributed by atoms with Crippen LogP contribution in [0.4, 0.5) is 0 Å². The summed E-state index contributed by atoms with van der Waals surface area (Å²) in [5, 5.41) is 5.43. The number of fused-ring (bicyclic) bond motifs is 9. The van der Waals surface area contributed by atoms with Gasteiger partial charge in [0, 0.05) is 58.6 Å². The van der Waals surface area contributed by atoms with Crippen LogP contribution in [0.5, 0.6) is 0 Å². The highest BCUT2D eigenvalue weighted by Crippen LogP contribution is 2.43. The smallest absolute Gasteiger partial charge is 0.238 e. The number of rotatable bonds is 5. The molecule has 0 fully saturated rings. The second kappa shape index (κ2) is 12.5. The van der Waals surface area contributed by atoms with Crippen LogP contribution in [-0.4, -0.2) is 29.5 Å². The molecule has 266 valence electrons. The van der Waals surface area contributed by atoms with Crippen LogP contribution in [-0.2, 0) is 0 Å². The third-order valence-corrected chi connectivity index (χ3v) is 11.8. The SMILES string of the molecule is c1ccc(-c2nc(-c3ccc4sc5cccc(-c6nc(-c7ccccc7)c7oc8ccccc8c7n6)c5c4c3)nc(-n3c4ccccc4c4ccccc43)n2)cc1. The largest absolute Gasteiger partial charge is 0.452 e. The lowest BCUT2D eigenvalue weighted by Crippen LogP contribution is -2.06. The Labute approximate surface area is 329 Å². The van der Waals surface area contributed by atoms with Gasteiger partial charge in [-0.2, -0.15) is 9.97 Å². The topological polar surface area (TPSA) is 82.5 Å². The fourth-order valence-electron chi connectivity index (χ4n) is 8.10. The summed E-state index contributed by atoms with van der Waals surface area (Å²) < 4.78 is 10.9. The Morgan fingerprint density at radius 1 is 0.439 bits per heavy atom.